The zero-order valence-corrected chi connectivity index (χ0v) is 31.2. The summed E-state index contributed by atoms with van der Waals surface area (Å²) < 4.78 is 52.4. The van der Waals surface area contributed by atoms with Gasteiger partial charge in [0.2, 0.25) is 27.7 Å². The molecule has 6 atom stereocenters. The van der Waals surface area contributed by atoms with Crippen LogP contribution >= 0.6 is 0 Å². The number of pyridine rings is 1. The van der Waals surface area contributed by atoms with E-state index in [1.807, 2.05) is 19.1 Å². The molecule has 3 fully saturated rings. The van der Waals surface area contributed by atoms with Crippen LogP contribution in [0.1, 0.15) is 90.3 Å². The number of amides is 4. The van der Waals surface area contributed by atoms with Crippen LogP contribution in [0, 0.1) is 23.6 Å². The van der Waals surface area contributed by atoms with Gasteiger partial charge in [-0.2, -0.15) is 0 Å². The number of fused-ring (bicyclic) bond motifs is 3. The van der Waals surface area contributed by atoms with E-state index in [0.29, 0.717) is 24.1 Å². The molecule has 4 amide bonds. The summed E-state index contributed by atoms with van der Waals surface area (Å²) in [5.41, 5.74) is 2.85. The van der Waals surface area contributed by atoms with Crippen molar-refractivity contribution in [1.29, 1.82) is 0 Å². The molecule has 2 saturated carbocycles. The molecule has 2 aliphatic carbocycles. The molecule has 0 radical (unpaired) electrons. The third-order valence-corrected chi connectivity index (χ3v) is 11.6. The highest BCUT2D eigenvalue weighted by Crippen LogP contribution is 2.46. The monoisotopic (exact) mass is 749 g/mol. The summed E-state index contributed by atoms with van der Waals surface area (Å²) in [5, 5.41) is 3.50. The zero-order chi connectivity index (χ0) is 38.0. The Kier molecular flexibility index (Phi) is 11.5. The number of primary amides is 1. The molecule has 1 saturated heterocycles. The van der Waals surface area contributed by atoms with Crippen molar-refractivity contribution >= 4 is 44.6 Å². The molecule has 4 aliphatic rings. The number of nitrogens with two attached hydrogens (primary N) is 1. The Morgan fingerprint density at radius 3 is 2.50 bits per heavy atom. The first-order chi connectivity index (χ1) is 24.4. The van der Waals surface area contributed by atoms with Gasteiger partial charge < -0.3 is 25.4 Å². The second kappa shape index (κ2) is 15.4. The normalized spacial score (nSPS) is 28.8. The maximum atomic E-state index is 14.1. The maximum Gasteiger partial charge on any atom is 0.405 e. The van der Waals surface area contributed by atoms with Crippen molar-refractivity contribution in [2.45, 2.75) is 115 Å². The Labute approximate surface area is 308 Å². The molecule has 290 valence electrons. The number of sulfonamides is 1. The molecule has 1 aromatic heterocycles. The van der Waals surface area contributed by atoms with Gasteiger partial charge in [0.05, 0.1) is 11.8 Å². The number of hydrogen-bond donors (Lipinski definition) is 3. The molecule has 13 nitrogen and oxygen atoms in total. The van der Waals surface area contributed by atoms with Gasteiger partial charge in [0.25, 0.3) is 5.91 Å². The molecule has 0 unspecified atom stereocenters. The van der Waals surface area contributed by atoms with Gasteiger partial charge in [-0.1, -0.05) is 32.1 Å². The zero-order valence-electron chi connectivity index (χ0n) is 30.4. The fourth-order valence-corrected chi connectivity index (χ4v) is 8.35. The molecule has 15 heteroatoms. The van der Waals surface area contributed by atoms with Crippen molar-refractivity contribution in [3.63, 3.8) is 0 Å². The Bertz CT molecular complexity index is 1840. The molecule has 2 aliphatic heterocycles. The SMILES string of the molecule is CC(C)(C)OC(N)=O.C[C@@H]1CC/C=C\[C@@H]2C[C@@]2(C(=O)NS(=O)(=O)C2CC2)NC(=O)[C@@H]2C[C@@H](Oc3nccc4ccc(F)cc34)CN2C(=O)C[C@H](C)C1.[HH].[HH].[HH]. The summed E-state index contributed by atoms with van der Waals surface area (Å²) in [6.07, 6.45) is 8.31. The minimum atomic E-state index is -3.83. The largest absolute Gasteiger partial charge is 0.472 e. The van der Waals surface area contributed by atoms with Crippen LogP contribution in [-0.2, 0) is 29.1 Å². The van der Waals surface area contributed by atoms with Crippen LogP contribution in [0.3, 0.4) is 0 Å². The fraction of sp³-hybridized carbons (Fsp3) is 0.595. The second-order valence-electron chi connectivity index (χ2n) is 15.7. The fourth-order valence-electron chi connectivity index (χ4n) is 6.99. The summed E-state index contributed by atoms with van der Waals surface area (Å²) in [6, 6.07) is 5.13. The topological polar surface area (TPSA) is 187 Å². The average Bonchev–Trinajstić information content (AvgIpc) is 3.95. The maximum absolute atomic E-state index is 14.1. The van der Waals surface area contributed by atoms with E-state index in [-0.39, 0.29) is 53.7 Å². The second-order valence-corrected chi connectivity index (χ2v) is 17.6. The minimum Gasteiger partial charge on any atom is -0.472 e. The standard InChI is InChI=1S/C32H39FN4O6S.C5H11NO2.3H2/c1-19-5-3-4-6-22-17-32(22,31(40)36-44(41,42)25-9-10-25)35-29(39)27-16-24(18-37(27)28(38)14-20(2)13-19)43-30-26-15-23(33)8-7-21(26)11-12-34-30;1-5(2,3)8-4(6)7;;;/h4,6-8,11-12,15,19-20,22,24-25,27H,3,5,9-10,13-14,16-18H2,1-2H3,(H,35,39)(H,36,40);1-3H3,(H2,6,7);3*1H/b6-4-;;;;/t19-,20-,22-,24-,27+,32-;;;;/m1..../s1. The molecule has 4 N–H and O–H groups in total. The molecule has 1 aromatic carbocycles. The first-order valence-electron chi connectivity index (χ1n) is 17.9. The van der Waals surface area contributed by atoms with E-state index in [9.17, 15) is 32.0 Å². The summed E-state index contributed by atoms with van der Waals surface area (Å²) in [7, 11) is -3.83. The smallest absolute Gasteiger partial charge is 0.405 e. The molecule has 6 rings (SSSR count). The lowest BCUT2D eigenvalue weighted by molar-refractivity contribution is -0.140. The molecule has 3 heterocycles. The third kappa shape index (κ3) is 9.78. The number of carbonyl (C=O) groups excluding carboxylic acids is 4. The first-order valence-corrected chi connectivity index (χ1v) is 19.4. The van der Waals surface area contributed by atoms with Crippen molar-refractivity contribution < 1.29 is 45.7 Å². The van der Waals surface area contributed by atoms with Crippen molar-refractivity contribution in [2.75, 3.05) is 6.54 Å². The van der Waals surface area contributed by atoms with E-state index >= 15 is 0 Å². The Morgan fingerprint density at radius 2 is 1.85 bits per heavy atom. The summed E-state index contributed by atoms with van der Waals surface area (Å²) in [6.45, 7) is 9.58. The van der Waals surface area contributed by atoms with Gasteiger partial charge in [-0.15, -0.1) is 0 Å². The van der Waals surface area contributed by atoms with Gasteiger partial charge in [0.15, 0.2) is 0 Å². The van der Waals surface area contributed by atoms with Gasteiger partial charge >= 0.3 is 6.09 Å². The predicted molar refractivity (Wildman–Crippen MR) is 198 cm³/mol. The summed E-state index contributed by atoms with van der Waals surface area (Å²) in [5.74, 6) is -1.61. The van der Waals surface area contributed by atoms with E-state index < -0.39 is 62.3 Å². The summed E-state index contributed by atoms with van der Waals surface area (Å²) in [4.78, 5) is 56.9. The van der Waals surface area contributed by atoms with E-state index in [1.54, 1.807) is 39.1 Å². The van der Waals surface area contributed by atoms with Crippen LogP contribution in [0.4, 0.5) is 9.18 Å². The van der Waals surface area contributed by atoms with Crippen molar-refractivity contribution in [1.82, 2.24) is 19.9 Å². The molecule has 2 aromatic rings. The van der Waals surface area contributed by atoms with Gasteiger partial charge in [-0.3, -0.25) is 19.1 Å². The van der Waals surface area contributed by atoms with Crippen molar-refractivity contribution in [3.8, 4) is 5.88 Å². The lowest BCUT2D eigenvalue weighted by atomic mass is 9.91. The molecule has 0 spiro atoms. The van der Waals surface area contributed by atoms with Gasteiger partial charge in [0, 0.05) is 34.6 Å². The van der Waals surface area contributed by atoms with E-state index in [2.05, 4.69) is 26.7 Å². The van der Waals surface area contributed by atoms with E-state index in [0.717, 1.165) is 24.6 Å². The Morgan fingerprint density at radius 1 is 1.12 bits per heavy atom. The predicted octanol–water partition coefficient (Wildman–Crippen LogP) is 5.23. The van der Waals surface area contributed by atoms with Gasteiger partial charge in [-0.05, 0) is 94.7 Å². The number of halogens is 1. The quantitative estimate of drug-likeness (QED) is 0.344. The van der Waals surface area contributed by atoms with Crippen molar-refractivity contribution in [2.24, 2.45) is 23.5 Å². The van der Waals surface area contributed by atoms with Crippen LogP contribution < -0.4 is 20.5 Å². The van der Waals surface area contributed by atoms with Gasteiger partial charge in [0.1, 0.15) is 29.1 Å². The highest BCUT2D eigenvalue weighted by molar-refractivity contribution is 7.91. The van der Waals surface area contributed by atoms with Gasteiger partial charge in [-0.25, -0.2) is 22.6 Å². The van der Waals surface area contributed by atoms with Crippen molar-refractivity contribution in [3.05, 3.63) is 48.4 Å². The number of nitrogens with zero attached hydrogens (tertiary/aromatic N) is 2. The summed E-state index contributed by atoms with van der Waals surface area (Å²) >= 11 is 0. The minimum absolute atomic E-state index is 0. The lowest BCUT2D eigenvalue weighted by Crippen LogP contribution is -2.56. The Balaban J connectivity index is 0.000000859. The highest BCUT2D eigenvalue weighted by Gasteiger charge is 2.62. The molecule has 0 bridgehead atoms. The number of benzene rings is 1. The number of carbonyl (C=O) groups is 4. The number of aromatic nitrogens is 1. The van der Waals surface area contributed by atoms with Crippen LogP contribution in [0.5, 0.6) is 5.88 Å². The van der Waals surface area contributed by atoms with Crippen LogP contribution in [-0.4, -0.2) is 77.2 Å². The van der Waals surface area contributed by atoms with Crippen LogP contribution in [0.2, 0.25) is 0 Å². The van der Waals surface area contributed by atoms with E-state index in [4.69, 9.17) is 10.5 Å². The first kappa shape index (κ1) is 38.9. The number of nitrogens with one attached hydrogen (secondary N) is 2. The number of rotatable bonds is 5. The van der Waals surface area contributed by atoms with Crippen LogP contribution in [0.15, 0.2) is 42.6 Å². The lowest BCUT2D eigenvalue weighted by Gasteiger charge is -2.27. The molecule has 52 heavy (non-hydrogen) atoms. The molecular formula is C37H56FN5O8S. The number of hydrogen-bond acceptors (Lipinski definition) is 9. The average molecular weight is 750 g/mol. The van der Waals surface area contributed by atoms with E-state index in [1.165, 1.54) is 17.0 Å². The molecular weight excluding hydrogens is 693 g/mol. The highest BCUT2D eigenvalue weighted by atomic mass is 32.2. The third-order valence-electron chi connectivity index (χ3n) is 9.75. The van der Waals surface area contributed by atoms with Crippen LogP contribution in [0.25, 0.3) is 10.8 Å². The number of ether oxygens (including phenoxy) is 2. The Hall–Kier alpha value is -4.27. The number of allylic oxidation sites excluding steroid dienone is 1.